The summed E-state index contributed by atoms with van der Waals surface area (Å²) < 4.78 is 25.5. The second-order valence-electron chi connectivity index (χ2n) is 5.64. The second-order valence-corrected chi connectivity index (χ2v) is 5.64. The van der Waals surface area contributed by atoms with E-state index in [1.807, 2.05) is 12.1 Å². The molecule has 2 aromatic rings. The molecule has 0 bridgehead atoms. The first-order valence-corrected chi connectivity index (χ1v) is 7.82. The van der Waals surface area contributed by atoms with E-state index in [9.17, 15) is 4.39 Å². The fraction of sp³-hybridized carbons (Fsp3) is 0.529. The van der Waals surface area contributed by atoms with E-state index in [4.69, 9.17) is 9.15 Å². The first-order chi connectivity index (χ1) is 10.3. The number of furan rings is 1. The molecule has 1 N–H and O–H groups in total. The number of fused-ring (bicyclic) bond motifs is 1. The Morgan fingerprint density at radius 1 is 1.38 bits per heavy atom. The minimum Gasteiger partial charge on any atom is -0.456 e. The normalized spacial score (nSPS) is 20.8. The minimum atomic E-state index is -0.308. The molecule has 0 amide bonds. The molecule has 1 aliphatic heterocycles. The number of hydrogen-bond donors (Lipinski definition) is 1. The Balaban J connectivity index is 1.90. The van der Waals surface area contributed by atoms with Crippen molar-refractivity contribution in [3.8, 4) is 0 Å². The standard InChI is InChI=1S/C17H22FNO2/c1-2-9-19-16(14-8-3-4-10-20-14)15-11-12-6-5-7-13(18)17(12)21-15/h5-7,11,14,16,19H,2-4,8-10H2,1H3. The van der Waals surface area contributed by atoms with Crippen LogP contribution in [-0.4, -0.2) is 19.3 Å². The summed E-state index contributed by atoms with van der Waals surface area (Å²) in [4.78, 5) is 0. The van der Waals surface area contributed by atoms with Crippen LogP contribution in [0.25, 0.3) is 11.0 Å². The number of nitrogens with one attached hydrogen (secondary N) is 1. The van der Waals surface area contributed by atoms with Gasteiger partial charge in [0.05, 0.1) is 12.1 Å². The van der Waals surface area contributed by atoms with E-state index in [0.29, 0.717) is 5.58 Å². The largest absolute Gasteiger partial charge is 0.456 e. The van der Waals surface area contributed by atoms with Crippen LogP contribution >= 0.6 is 0 Å². The van der Waals surface area contributed by atoms with Crippen molar-refractivity contribution < 1.29 is 13.5 Å². The molecule has 1 aromatic heterocycles. The Kier molecular flexibility index (Phi) is 4.56. The van der Waals surface area contributed by atoms with Crippen LogP contribution in [0.2, 0.25) is 0 Å². The summed E-state index contributed by atoms with van der Waals surface area (Å²) in [5.74, 6) is 0.466. The van der Waals surface area contributed by atoms with Crippen LogP contribution in [0, 0.1) is 5.82 Å². The van der Waals surface area contributed by atoms with E-state index in [2.05, 4.69) is 12.2 Å². The van der Waals surface area contributed by atoms with Crippen molar-refractivity contribution in [1.29, 1.82) is 0 Å². The zero-order valence-corrected chi connectivity index (χ0v) is 12.4. The molecule has 114 valence electrons. The lowest BCUT2D eigenvalue weighted by Crippen LogP contribution is -2.36. The molecule has 0 saturated carbocycles. The van der Waals surface area contributed by atoms with Crippen molar-refractivity contribution >= 4 is 11.0 Å². The van der Waals surface area contributed by atoms with Crippen molar-refractivity contribution in [3.63, 3.8) is 0 Å². The van der Waals surface area contributed by atoms with Gasteiger partial charge in [0, 0.05) is 12.0 Å². The van der Waals surface area contributed by atoms with Crippen LogP contribution in [0.1, 0.15) is 44.4 Å². The van der Waals surface area contributed by atoms with E-state index in [-0.39, 0.29) is 18.0 Å². The van der Waals surface area contributed by atoms with Gasteiger partial charge in [-0.3, -0.25) is 0 Å². The van der Waals surface area contributed by atoms with Gasteiger partial charge in [0.25, 0.3) is 0 Å². The summed E-state index contributed by atoms with van der Waals surface area (Å²) in [6, 6.07) is 6.95. The topological polar surface area (TPSA) is 34.4 Å². The third-order valence-corrected chi connectivity index (χ3v) is 4.02. The molecular formula is C17H22FNO2. The average molecular weight is 291 g/mol. The number of hydrogen-bond acceptors (Lipinski definition) is 3. The highest BCUT2D eigenvalue weighted by atomic mass is 19.1. The van der Waals surface area contributed by atoms with Crippen LogP contribution in [0.3, 0.4) is 0 Å². The summed E-state index contributed by atoms with van der Waals surface area (Å²) in [5.41, 5.74) is 0.339. The first kappa shape index (κ1) is 14.5. The van der Waals surface area contributed by atoms with Gasteiger partial charge in [-0.25, -0.2) is 4.39 Å². The van der Waals surface area contributed by atoms with Crippen LogP contribution in [0.5, 0.6) is 0 Å². The molecule has 3 nitrogen and oxygen atoms in total. The average Bonchev–Trinajstić information content (AvgIpc) is 2.94. The molecule has 0 aliphatic carbocycles. The van der Waals surface area contributed by atoms with Crippen molar-refractivity contribution in [2.75, 3.05) is 13.2 Å². The molecule has 2 unspecified atom stereocenters. The lowest BCUT2D eigenvalue weighted by molar-refractivity contribution is -0.0123. The first-order valence-electron chi connectivity index (χ1n) is 7.82. The summed E-state index contributed by atoms with van der Waals surface area (Å²) in [6.45, 7) is 3.82. The van der Waals surface area contributed by atoms with Gasteiger partial charge in [-0.2, -0.15) is 0 Å². The van der Waals surface area contributed by atoms with Gasteiger partial charge in [0.15, 0.2) is 11.4 Å². The van der Waals surface area contributed by atoms with Crippen molar-refractivity contribution in [2.45, 2.75) is 44.8 Å². The van der Waals surface area contributed by atoms with Crippen LogP contribution in [-0.2, 0) is 4.74 Å². The molecule has 3 rings (SSSR count). The number of ether oxygens (including phenoxy) is 1. The quantitative estimate of drug-likeness (QED) is 0.897. The zero-order chi connectivity index (χ0) is 14.7. The Morgan fingerprint density at radius 3 is 3.00 bits per heavy atom. The predicted octanol–water partition coefficient (Wildman–Crippen LogP) is 4.18. The van der Waals surface area contributed by atoms with E-state index < -0.39 is 0 Å². The Labute approximate surface area is 124 Å². The fourth-order valence-electron chi connectivity index (χ4n) is 2.94. The molecule has 0 spiro atoms. The number of benzene rings is 1. The van der Waals surface area contributed by atoms with Crippen LogP contribution in [0.15, 0.2) is 28.7 Å². The summed E-state index contributed by atoms with van der Waals surface area (Å²) in [5, 5.41) is 4.30. The van der Waals surface area contributed by atoms with Crippen molar-refractivity contribution in [2.24, 2.45) is 0 Å². The second kappa shape index (κ2) is 6.58. The highest BCUT2D eigenvalue weighted by Crippen LogP contribution is 2.31. The van der Waals surface area contributed by atoms with E-state index >= 15 is 0 Å². The van der Waals surface area contributed by atoms with E-state index in [1.54, 1.807) is 6.07 Å². The summed E-state index contributed by atoms with van der Waals surface area (Å²) in [6.07, 6.45) is 4.45. The van der Waals surface area contributed by atoms with Gasteiger partial charge in [0.1, 0.15) is 5.76 Å². The summed E-state index contributed by atoms with van der Waals surface area (Å²) >= 11 is 0. The SMILES string of the molecule is CCCNC(c1cc2cccc(F)c2o1)C1CCCCO1. The smallest absolute Gasteiger partial charge is 0.169 e. The molecule has 21 heavy (non-hydrogen) atoms. The van der Waals surface area contributed by atoms with Gasteiger partial charge in [-0.05, 0) is 44.4 Å². The predicted molar refractivity (Wildman–Crippen MR) is 80.8 cm³/mol. The van der Waals surface area contributed by atoms with Gasteiger partial charge >= 0.3 is 0 Å². The highest BCUT2D eigenvalue weighted by molar-refractivity contribution is 5.78. The molecule has 0 radical (unpaired) electrons. The third-order valence-electron chi connectivity index (χ3n) is 4.02. The van der Waals surface area contributed by atoms with Crippen LogP contribution < -0.4 is 5.32 Å². The van der Waals surface area contributed by atoms with E-state index in [1.165, 1.54) is 12.5 Å². The zero-order valence-electron chi connectivity index (χ0n) is 12.4. The fourth-order valence-corrected chi connectivity index (χ4v) is 2.94. The maximum absolute atomic E-state index is 13.8. The highest BCUT2D eigenvalue weighted by Gasteiger charge is 2.28. The lowest BCUT2D eigenvalue weighted by atomic mass is 10.00. The van der Waals surface area contributed by atoms with Gasteiger partial charge in [-0.15, -0.1) is 0 Å². The molecule has 1 aliphatic rings. The number of halogens is 1. The van der Waals surface area contributed by atoms with Crippen molar-refractivity contribution in [1.82, 2.24) is 5.32 Å². The number of para-hydroxylation sites is 1. The lowest BCUT2D eigenvalue weighted by Gasteiger charge is -2.30. The maximum atomic E-state index is 13.8. The number of rotatable bonds is 5. The Bertz CT molecular complexity index is 589. The molecule has 1 saturated heterocycles. The summed E-state index contributed by atoms with van der Waals surface area (Å²) in [7, 11) is 0. The Morgan fingerprint density at radius 2 is 2.29 bits per heavy atom. The minimum absolute atomic E-state index is 0.00273. The van der Waals surface area contributed by atoms with Crippen molar-refractivity contribution in [3.05, 3.63) is 35.8 Å². The monoisotopic (exact) mass is 291 g/mol. The molecule has 1 aromatic carbocycles. The molecule has 4 heteroatoms. The molecular weight excluding hydrogens is 269 g/mol. The maximum Gasteiger partial charge on any atom is 0.169 e. The van der Waals surface area contributed by atoms with Gasteiger partial charge in [-0.1, -0.05) is 19.1 Å². The molecule has 2 atom stereocenters. The van der Waals surface area contributed by atoms with Gasteiger partial charge < -0.3 is 14.5 Å². The third kappa shape index (κ3) is 3.11. The molecule has 2 heterocycles. The Hall–Kier alpha value is -1.39. The molecule has 1 fully saturated rings. The van der Waals surface area contributed by atoms with Gasteiger partial charge in [0.2, 0.25) is 0 Å². The van der Waals surface area contributed by atoms with E-state index in [0.717, 1.165) is 43.6 Å². The van der Waals surface area contributed by atoms with Crippen LogP contribution in [0.4, 0.5) is 4.39 Å².